The van der Waals surface area contributed by atoms with Crippen LogP contribution in [0.1, 0.15) is 102 Å². The number of unbranched alkanes of at least 4 members (excludes halogenated alkanes) is 2. The third kappa shape index (κ3) is 17.1. The third-order valence-corrected chi connectivity index (χ3v) is 12.1. The van der Waals surface area contributed by atoms with Crippen molar-refractivity contribution in [2.24, 2.45) is 23.4 Å². The van der Waals surface area contributed by atoms with Gasteiger partial charge in [0.05, 0.1) is 41.3 Å². The van der Waals surface area contributed by atoms with Crippen molar-refractivity contribution in [1.29, 1.82) is 0 Å². The SMILES string of the molecule is CCCCCC(=O)N(N)[C@](CC(C)C)(C(=O)N[C@@H](Cc1ccccc1)C(=O)O)C(C(=O)[C@H](Cc1c[nH]cn1)NC(=O)[C@H](Cc1ccccc1)NC(=O)[C@@H](NOC(C)(C)C)C(=C=O)c1ccccc1)C(O)CCN. The Balaban J connectivity index is 1.92. The Bertz CT molecular complexity index is 2450. The minimum Gasteiger partial charge on any atom is -0.480 e. The van der Waals surface area contributed by atoms with Gasteiger partial charge < -0.3 is 36.9 Å². The number of hydroxylamine groups is 1. The van der Waals surface area contributed by atoms with E-state index in [1.165, 1.54) is 12.5 Å². The molecule has 4 rings (SSSR count). The number of carboxylic acid groups (broad SMARTS) is 1. The predicted molar refractivity (Wildman–Crippen MR) is 275 cm³/mol. The summed E-state index contributed by atoms with van der Waals surface area (Å²) in [5, 5.41) is 31.7. The second kappa shape index (κ2) is 28.4. The number of aromatic amines is 1. The van der Waals surface area contributed by atoms with Gasteiger partial charge in [0.25, 0.3) is 0 Å². The number of Topliss-reactive ketones (excluding diaryl/α,β-unsaturated/α-hetero) is 1. The number of hydrogen-bond donors (Lipinski definition) is 9. The van der Waals surface area contributed by atoms with Crippen LogP contribution in [-0.4, -0.2) is 114 Å². The average Bonchev–Trinajstić information content (AvgIpc) is 3.87. The predicted octanol–water partition coefficient (Wildman–Crippen LogP) is 3.54. The lowest BCUT2D eigenvalue weighted by Gasteiger charge is -2.48. The maximum absolute atomic E-state index is 15.9. The number of carbonyl (C=O) groups excluding carboxylic acids is 6. The number of amides is 4. The molecule has 0 aliphatic carbocycles. The summed E-state index contributed by atoms with van der Waals surface area (Å²) in [6.45, 7) is 10.3. The number of aliphatic hydroxyl groups excluding tert-OH is 1. The molecule has 1 aromatic heterocycles. The Hall–Kier alpha value is -6.86. The number of rotatable bonds is 30. The molecular weight excluding hydrogens is 935 g/mol. The summed E-state index contributed by atoms with van der Waals surface area (Å²) in [7, 11) is 0. The lowest BCUT2D eigenvalue weighted by molar-refractivity contribution is -0.165. The zero-order valence-corrected chi connectivity index (χ0v) is 42.6. The minimum atomic E-state index is -2.50. The van der Waals surface area contributed by atoms with Gasteiger partial charge in [-0.2, -0.15) is 5.48 Å². The molecule has 11 N–H and O–H groups in total. The number of nitrogens with one attached hydrogen (secondary N) is 5. The highest BCUT2D eigenvalue weighted by molar-refractivity contribution is 6.06. The van der Waals surface area contributed by atoms with Gasteiger partial charge in [0.2, 0.25) is 23.6 Å². The first kappa shape index (κ1) is 58.7. The number of benzene rings is 3. The van der Waals surface area contributed by atoms with Crippen LogP contribution in [-0.2, 0) is 57.7 Å². The van der Waals surface area contributed by atoms with Gasteiger partial charge in [-0.25, -0.2) is 20.4 Å². The summed E-state index contributed by atoms with van der Waals surface area (Å²) >= 11 is 0. The normalized spacial score (nSPS) is 14.8. The van der Waals surface area contributed by atoms with Crippen LogP contribution in [0.4, 0.5) is 0 Å². The van der Waals surface area contributed by atoms with Crippen molar-refractivity contribution in [2.75, 3.05) is 6.54 Å². The van der Waals surface area contributed by atoms with E-state index >= 15 is 14.4 Å². The van der Waals surface area contributed by atoms with Crippen molar-refractivity contribution in [3.8, 4) is 0 Å². The molecule has 2 unspecified atom stereocenters. The number of nitrogens with zero attached hydrogens (tertiary/aromatic N) is 2. The fourth-order valence-electron chi connectivity index (χ4n) is 8.64. The summed E-state index contributed by atoms with van der Waals surface area (Å²) in [6, 6.07) is 19.3. The van der Waals surface area contributed by atoms with Crippen LogP contribution >= 0.6 is 0 Å². The number of H-pyrrole nitrogens is 1. The Morgan fingerprint density at radius 3 is 1.89 bits per heavy atom. The Morgan fingerprint density at radius 1 is 0.808 bits per heavy atom. The minimum absolute atomic E-state index is 0.131. The molecule has 0 aliphatic rings. The summed E-state index contributed by atoms with van der Waals surface area (Å²) in [5.41, 5.74) is 7.01. The highest BCUT2D eigenvalue weighted by Gasteiger charge is 2.58. The average molecular weight is 1010 g/mol. The molecule has 394 valence electrons. The van der Waals surface area contributed by atoms with Crippen molar-refractivity contribution in [1.82, 2.24) is 36.4 Å². The summed E-state index contributed by atoms with van der Waals surface area (Å²) < 4.78 is 0. The standard InChI is InChI=1S/C54H73N9O10/c1-7-8-12-25-45(66)63(56)54(31-35(2)3,52(72)61-43(51(70)71)29-37-21-15-10-16-22-37)46(44(65)26-27-55)48(67)41(30-39-32-57-34-58-39)59-49(68)42(28-36-19-13-9-14-20-36)60-50(69)47(62-73-53(4,5)6)40(33-64)38-23-17-11-18-24-38/h9-11,13-24,32,34-35,41-44,46-47,62,65H,7-8,12,25-31,55-56H2,1-6H3,(H,57,58)(H,59,68)(H,60,69)(H,61,72)(H,70,71)/t41-,42-,43-,44?,46?,47-,54-/m0/s1. The number of aromatic nitrogens is 2. The topological polar surface area (TPSA) is 301 Å². The van der Waals surface area contributed by atoms with Gasteiger partial charge in [-0.05, 0) is 69.2 Å². The molecule has 73 heavy (non-hydrogen) atoms. The van der Waals surface area contributed by atoms with Gasteiger partial charge >= 0.3 is 5.97 Å². The molecule has 0 bridgehead atoms. The Labute approximate surface area is 427 Å². The number of carbonyl (C=O) groups is 6. The van der Waals surface area contributed by atoms with E-state index in [1.54, 1.807) is 126 Å². The molecule has 7 atom stereocenters. The van der Waals surface area contributed by atoms with E-state index in [0.717, 1.165) is 6.42 Å². The molecule has 19 nitrogen and oxygen atoms in total. The van der Waals surface area contributed by atoms with E-state index in [4.69, 9.17) is 16.4 Å². The smallest absolute Gasteiger partial charge is 0.326 e. The van der Waals surface area contributed by atoms with Gasteiger partial charge in [0.15, 0.2) is 5.78 Å². The zero-order valence-electron chi connectivity index (χ0n) is 42.6. The van der Waals surface area contributed by atoms with Gasteiger partial charge in [-0.1, -0.05) is 125 Å². The van der Waals surface area contributed by atoms with Crippen LogP contribution in [0.2, 0.25) is 0 Å². The van der Waals surface area contributed by atoms with Crippen molar-refractivity contribution in [3.05, 3.63) is 126 Å². The van der Waals surface area contributed by atoms with Gasteiger partial charge in [0, 0.05) is 31.9 Å². The van der Waals surface area contributed by atoms with Crippen LogP contribution in [0.15, 0.2) is 104 Å². The maximum atomic E-state index is 15.9. The van der Waals surface area contributed by atoms with E-state index in [2.05, 4.69) is 31.4 Å². The Kier molecular flexibility index (Phi) is 22.8. The quantitative estimate of drug-likeness (QED) is 0.0119. The molecule has 1 heterocycles. The maximum Gasteiger partial charge on any atom is 0.326 e. The number of aliphatic hydroxyl groups is 1. The molecule has 4 amide bonds. The molecule has 0 radical (unpaired) electrons. The first-order chi connectivity index (χ1) is 34.8. The second-order valence-corrected chi connectivity index (χ2v) is 19.5. The van der Waals surface area contributed by atoms with E-state index in [0.29, 0.717) is 34.5 Å². The van der Waals surface area contributed by atoms with Crippen molar-refractivity contribution in [2.45, 2.75) is 141 Å². The molecule has 0 saturated carbocycles. The lowest BCUT2D eigenvalue weighted by Crippen LogP contribution is -2.73. The zero-order chi connectivity index (χ0) is 53.7. The molecule has 0 saturated heterocycles. The van der Waals surface area contributed by atoms with E-state index in [1.807, 2.05) is 12.9 Å². The fraction of sp³-hybridized carbons (Fsp3) is 0.463. The van der Waals surface area contributed by atoms with Crippen LogP contribution in [0.3, 0.4) is 0 Å². The van der Waals surface area contributed by atoms with Crippen molar-refractivity contribution in [3.63, 3.8) is 0 Å². The van der Waals surface area contributed by atoms with Crippen LogP contribution in [0, 0.1) is 11.8 Å². The first-order valence-electron chi connectivity index (χ1n) is 24.7. The highest BCUT2D eigenvalue weighted by atomic mass is 16.7. The first-order valence-corrected chi connectivity index (χ1v) is 24.7. The third-order valence-electron chi connectivity index (χ3n) is 12.1. The summed E-state index contributed by atoms with van der Waals surface area (Å²) in [5.74, 6) is 0.181. The summed E-state index contributed by atoms with van der Waals surface area (Å²) in [4.78, 5) is 114. The van der Waals surface area contributed by atoms with Crippen molar-refractivity contribution >= 4 is 46.9 Å². The number of carboxylic acids is 1. The highest BCUT2D eigenvalue weighted by Crippen LogP contribution is 2.37. The van der Waals surface area contributed by atoms with Gasteiger partial charge in [-0.15, -0.1) is 0 Å². The molecule has 0 fully saturated rings. The van der Waals surface area contributed by atoms with Gasteiger partial charge in [-0.3, -0.25) is 33.8 Å². The molecular formula is C54H73N9O10. The van der Waals surface area contributed by atoms with E-state index in [-0.39, 0.29) is 56.3 Å². The number of hydrazine groups is 1. The van der Waals surface area contributed by atoms with Gasteiger partial charge in [0.1, 0.15) is 29.6 Å². The summed E-state index contributed by atoms with van der Waals surface area (Å²) in [6.07, 6.45) is 1.22. The number of ketones is 1. The fourth-order valence-corrected chi connectivity index (χ4v) is 8.64. The largest absolute Gasteiger partial charge is 0.480 e. The van der Waals surface area contributed by atoms with Crippen LogP contribution in [0.25, 0.3) is 5.57 Å². The molecule has 19 heteroatoms. The number of hydrogen-bond acceptors (Lipinski definition) is 13. The monoisotopic (exact) mass is 1010 g/mol. The van der Waals surface area contributed by atoms with Crippen molar-refractivity contribution < 1.29 is 48.6 Å². The molecule has 0 spiro atoms. The molecule has 0 aliphatic heterocycles. The second-order valence-electron chi connectivity index (χ2n) is 19.5. The molecule has 4 aromatic rings. The van der Waals surface area contributed by atoms with E-state index < -0.39 is 88.6 Å². The van der Waals surface area contributed by atoms with E-state index in [9.17, 15) is 29.4 Å². The Morgan fingerprint density at radius 2 is 1.38 bits per heavy atom. The number of aliphatic carboxylic acids is 1. The number of imidazole rings is 1. The van der Waals surface area contributed by atoms with Crippen LogP contribution in [0.5, 0.6) is 0 Å². The van der Waals surface area contributed by atoms with Crippen LogP contribution < -0.4 is 33.0 Å². The lowest BCUT2D eigenvalue weighted by atomic mass is 9.68. The number of nitrogens with two attached hydrogens (primary N) is 2. The molecule has 3 aromatic carbocycles.